The first kappa shape index (κ1) is 18.1. The van der Waals surface area contributed by atoms with Crippen molar-refractivity contribution >= 4 is 28.3 Å². The lowest BCUT2D eigenvalue weighted by atomic mass is 9.98. The van der Waals surface area contributed by atoms with Crippen molar-refractivity contribution in [1.29, 1.82) is 0 Å². The normalized spacial score (nSPS) is 12.1. The third-order valence-corrected chi connectivity index (χ3v) is 4.97. The van der Waals surface area contributed by atoms with E-state index in [4.69, 9.17) is 9.26 Å². The van der Waals surface area contributed by atoms with Gasteiger partial charge in [0.1, 0.15) is 10.6 Å². The molecule has 0 aromatic carbocycles. The molecule has 0 saturated carbocycles. The number of aryl methyl sites for hydroxylation is 3. The number of amides is 1. The van der Waals surface area contributed by atoms with Crippen LogP contribution in [0, 0.1) is 20.8 Å². The Hall–Kier alpha value is -2.22. The molecule has 2 aromatic heterocycles. The Morgan fingerprint density at radius 1 is 1.29 bits per heavy atom. The first-order chi connectivity index (χ1) is 11.3. The van der Waals surface area contributed by atoms with Gasteiger partial charge in [-0.2, -0.15) is 0 Å². The molecular weight excluding hydrogens is 330 g/mol. The molecule has 7 nitrogen and oxygen atoms in total. The van der Waals surface area contributed by atoms with Crippen LogP contribution in [0.3, 0.4) is 0 Å². The summed E-state index contributed by atoms with van der Waals surface area (Å²) in [5.74, 6) is -0.354. The molecule has 2 rings (SSSR count). The molecule has 0 aliphatic carbocycles. The maximum Gasteiger partial charge on any atom is 0.350 e. The molecule has 2 aromatic rings. The van der Waals surface area contributed by atoms with Crippen LogP contribution in [0.2, 0.25) is 0 Å². The van der Waals surface area contributed by atoms with Crippen molar-refractivity contribution in [3.05, 3.63) is 27.6 Å². The number of esters is 1. The van der Waals surface area contributed by atoms with E-state index in [-0.39, 0.29) is 5.91 Å². The predicted molar refractivity (Wildman–Crippen MR) is 90.6 cm³/mol. The minimum absolute atomic E-state index is 0.145. The summed E-state index contributed by atoms with van der Waals surface area (Å²) in [5.41, 5.74) is 2.04. The summed E-state index contributed by atoms with van der Waals surface area (Å²) >= 11 is 1.15. The molecule has 2 heterocycles. The first-order valence-electron chi connectivity index (χ1n) is 7.62. The summed E-state index contributed by atoms with van der Waals surface area (Å²) < 4.78 is 10.1. The van der Waals surface area contributed by atoms with E-state index < -0.39 is 11.9 Å². The van der Waals surface area contributed by atoms with Crippen LogP contribution < -0.4 is 4.90 Å². The van der Waals surface area contributed by atoms with E-state index in [1.165, 1.54) is 4.90 Å². The number of thiazole rings is 1. The standard InChI is InChI=1S/C16H21N3O4S/c1-7-22-15(21)13-10(4)17-16(24-13)19(6)14(20)8(2)12-9(3)18-23-11(12)5/h8H,7H2,1-6H3. The van der Waals surface area contributed by atoms with E-state index in [1.54, 1.807) is 34.7 Å². The number of hydrogen-bond acceptors (Lipinski definition) is 7. The molecule has 0 aliphatic rings. The van der Waals surface area contributed by atoms with E-state index in [9.17, 15) is 9.59 Å². The second-order valence-electron chi connectivity index (χ2n) is 5.49. The van der Waals surface area contributed by atoms with Gasteiger partial charge in [-0.25, -0.2) is 9.78 Å². The Labute approximate surface area is 144 Å². The van der Waals surface area contributed by atoms with E-state index in [0.29, 0.717) is 33.8 Å². The Morgan fingerprint density at radius 3 is 2.50 bits per heavy atom. The number of hydrogen-bond donors (Lipinski definition) is 0. The van der Waals surface area contributed by atoms with Gasteiger partial charge in [0.05, 0.1) is 23.9 Å². The average Bonchev–Trinajstić information content (AvgIpc) is 3.08. The summed E-state index contributed by atoms with van der Waals surface area (Å²) in [7, 11) is 1.64. The van der Waals surface area contributed by atoms with Crippen LogP contribution >= 0.6 is 11.3 Å². The smallest absolute Gasteiger partial charge is 0.350 e. The van der Waals surface area contributed by atoms with Crippen molar-refractivity contribution in [2.75, 3.05) is 18.6 Å². The van der Waals surface area contributed by atoms with Crippen LogP contribution in [-0.2, 0) is 9.53 Å². The van der Waals surface area contributed by atoms with Crippen LogP contribution in [0.15, 0.2) is 4.52 Å². The van der Waals surface area contributed by atoms with Gasteiger partial charge in [-0.15, -0.1) is 0 Å². The molecule has 0 bridgehead atoms. The number of rotatable bonds is 5. The molecule has 0 N–H and O–H groups in total. The Kier molecular flexibility index (Phi) is 5.38. The molecule has 0 aliphatic heterocycles. The molecular formula is C16H21N3O4S. The van der Waals surface area contributed by atoms with E-state index in [0.717, 1.165) is 16.9 Å². The molecule has 1 amide bonds. The lowest BCUT2D eigenvalue weighted by molar-refractivity contribution is -0.119. The highest BCUT2D eigenvalue weighted by Gasteiger charge is 2.28. The Balaban J connectivity index is 2.25. The fourth-order valence-corrected chi connectivity index (χ4v) is 3.46. The lowest BCUT2D eigenvalue weighted by Gasteiger charge is -2.18. The minimum Gasteiger partial charge on any atom is -0.462 e. The van der Waals surface area contributed by atoms with Gasteiger partial charge in [0, 0.05) is 12.6 Å². The zero-order chi connectivity index (χ0) is 18.0. The Morgan fingerprint density at radius 2 is 1.96 bits per heavy atom. The zero-order valence-electron chi connectivity index (χ0n) is 14.7. The number of likely N-dealkylation sites (N-methyl/N-ethyl adjacent to an activating group) is 1. The van der Waals surface area contributed by atoms with E-state index >= 15 is 0 Å². The molecule has 0 fully saturated rings. The van der Waals surface area contributed by atoms with Crippen LogP contribution in [-0.4, -0.2) is 35.7 Å². The van der Waals surface area contributed by atoms with Gasteiger partial charge in [-0.05, 0) is 34.6 Å². The summed E-state index contributed by atoms with van der Waals surface area (Å²) in [6, 6.07) is 0. The van der Waals surface area contributed by atoms with Gasteiger partial charge < -0.3 is 9.26 Å². The second-order valence-corrected chi connectivity index (χ2v) is 6.47. The van der Waals surface area contributed by atoms with Crippen LogP contribution in [0.25, 0.3) is 0 Å². The largest absolute Gasteiger partial charge is 0.462 e. The van der Waals surface area contributed by atoms with Crippen LogP contribution in [0.4, 0.5) is 5.13 Å². The number of anilines is 1. The molecule has 24 heavy (non-hydrogen) atoms. The SMILES string of the molecule is CCOC(=O)c1sc(N(C)C(=O)C(C)c2c(C)noc2C)nc1C. The van der Waals surface area contributed by atoms with Crippen molar-refractivity contribution < 1.29 is 18.8 Å². The van der Waals surface area contributed by atoms with Gasteiger partial charge in [0.15, 0.2) is 5.13 Å². The van der Waals surface area contributed by atoms with Gasteiger partial charge in [0.2, 0.25) is 5.91 Å². The lowest BCUT2D eigenvalue weighted by Crippen LogP contribution is -2.30. The molecule has 1 atom stereocenters. The highest BCUT2D eigenvalue weighted by molar-refractivity contribution is 7.17. The van der Waals surface area contributed by atoms with Gasteiger partial charge >= 0.3 is 5.97 Å². The number of aromatic nitrogens is 2. The molecule has 0 saturated heterocycles. The molecule has 1 unspecified atom stereocenters. The van der Waals surface area contributed by atoms with Crippen LogP contribution in [0.1, 0.15) is 52.1 Å². The van der Waals surface area contributed by atoms with Gasteiger partial charge in [-0.1, -0.05) is 16.5 Å². The summed E-state index contributed by atoms with van der Waals surface area (Å²) in [4.78, 5) is 30.9. The van der Waals surface area contributed by atoms with Crippen molar-refractivity contribution in [3.63, 3.8) is 0 Å². The van der Waals surface area contributed by atoms with Gasteiger partial charge in [0.25, 0.3) is 0 Å². The highest BCUT2D eigenvalue weighted by Crippen LogP contribution is 2.30. The highest BCUT2D eigenvalue weighted by atomic mass is 32.1. The maximum absolute atomic E-state index is 12.8. The number of ether oxygens (including phenoxy) is 1. The number of carbonyl (C=O) groups excluding carboxylic acids is 2. The topological polar surface area (TPSA) is 85.5 Å². The van der Waals surface area contributed by atoms with Crippen molar-refractivity contribution in [3.8, 4) is 0 Å². The Bertz CT molecular complexity index is 746. The fourth-order valence-electron chi connectivity index (χ4n) is 2.53. The fraction of sp³-hybridized carbons (Fsp3) is 0.500. The maximum atomic E-state index is 12.8. The third-order valence-electron chi connectivity index (χ3n) is 3.76. The summed E-state index contributed by atoms with van der Waals surface area (Å²) in [6.07, 6.45) is 0. The molecule has 130 valence electrons. The summed E-state index contributed by atoms with van der Waals surface area (Å²) in [5, 5.41) is 4.35. The molecule has 0 radical (unpaired) electrons. The van der Waals surface area contributed by atoms with E-state index in [2.05, 4.69) is 10.1 Å². The number of carbonyl (C=O) groups is 2. The minimum atomic E-state index is -0.420. The van der Waals surface area contributed by atoms with Crippen molar-refractivity contribution in [2.24, 2.45) is 0 Å². The van der Waals surface area contributed by atoms with Crippen molar-refractivity contribution in [2.45, 2.75) is 40.5 Å². The van der Waals surface area contributed by atoms with Crippen molar-refractivity contribution in [1.82, 2.24) is 10.1 Å². The average molecular weight is 351 g/mol. The second kappa shape index (κ2) is 7.12. The van der Waals surface area contributed by atoms with Crippen LogP contribution in [0.5, 0.6) is 0 Å². The van der Waals surface area contributed by atoms with Gasteiger partial charge in [-0.3, -0.25) is 9.69 Å². The number of nitrogens with zero attached hydrogens (tertiary/aromatic N) is 3. The monoisotopic (exact) mass is 351 g/mol. The summed E-state index contributed by atoms with van der Waals surface area (Å²) in [6.45, 7) is 9.16. The molecule has 8 heteroatoms. The quantitative estimate of drug-likeness (QED) is 0.770. The molecule has 0 spiro atoms. The predicted octanol–water partition coefficient (Wildman–Crippen LogP) is 3.00. The van der Waals surface area contributed by atoms with E-state index in [1.807, 2.05) is 6.92 Å². The third kappa shape index (κ3) is 3.33. The first-order valence-corrected chi connectivity index (χ1v) is 8.44. The zero-order valence-corrected chi connectivity index (χ0v) is 15.5.